The molecule has 0 unspecified atom stereocenters. The van der Waals surface area contributed by atoms with Crippen LogP contribution in [0.5, 0.6) is 0 Å². The van der Waals surface area contributed by atoms with Gasteiger partial charge in [0.25, 0.3) is 0 Å². The second kappa shape index (κ2) is 5.07. The van der Waals surface area contributed by atoms with E-state index in [1.54, 1.807) is 0 Å². The van der Waals surface area contributed by atoms with Crippen LogP contribution in [0.15, 0.2) is 0 Å². The lowest BCUT2D eigenvalue weighted by atomic mass is 10.1. The topological polar surface area (TPSA) is 24.9 Å². The summed E-state index contributed by atoms with van der Waals surface area (Å²) < 4.78 is 0. The van der Waals surface area contributed by atoms with Gasteiger partial charge in [-0.15, -0.1) is 11.3 Å². The minimum absolute atomic E-state index is 0.420. The first kappa shape index (κ1) is 13.0. The van der Waals surface area contributed by atoms with Crippen LogP contribution >= 0.6 is 11.3 Å². The predicted octanol–water partition coefficient (Wildman–Crippen LogP) is 3.65. The molecule has 0 radical (unpaired) electrons. The van der Waals surface area contributed by atoms with Crippen LogP contribution in [0.4, 0.5) is 0 Å². The highest BCUT2D eigenvalue weighted by Crippen LogP contribution is 2.49. The molecule has 1 saturated carbocycles. The molecule has 0 amide bonds. The second-order valence-electron chi connectivity index (χ2n) is 5.74. The van der Waals surface area contributed by atoms with Gasteiger partial charge >= 0.3 is 0 Å². The zero-order chi connectivity index (χ0) is 12.5. The van der Waals surface area contributed by atoms with E-state index in [1.807, 2.05) is 11.3 Å². The Morgan fingerprint density at radius 1 is 1.41 bits per heavy atom. The van der Waals surface area contributed by atoms with Gasteiger partial charge in [0.05, 0.1) is 10.7 Å². The van der Waals surface area contributed by atoms with Gasteiger partial charge in [-0.05, 0) is 19.3 Å². The van der Waals surface area contributed by atoms with E-state index in [0.717, 1.165) is 13.0 Å². The van der Waals surface area contributed by atoms with Crippen LogP contribution < -0.4 is 5.32 Å². The summed E-state index contributed by atoms with van der Waals surface area (Å²) in [5, 5.41) is 4.89. The van der Waals surface area contributed by atoms with Crippen LogP contribution in [-0.2, 0) is 18.4 Å². The molecule has 17 heavy (non-hydrogen) atoms. The molecule has 0 atom stereocenters. The third-order valence-corrected chi connectivity index (χ3v) is 4.86. The Morgan fingerprint density at radius 2 is 2.12 bits per heavy atom. The maximum atomic E-state index is 4.89. The highest BCUT2D eigenvalue weighted by molar-refractivity contribution is 7.12. The van der Waals surface area contributed by atoms with Crippen molar-refractivity contribution < 1.29 is 0 Å². The summed E-state index contributed by atoms with van der Waals surface area (Å²) >= 11 is 1.94. The molecule has 0 aromatic carbocycles. The fourth-order valence-corrected chi connectivity index (χ4v) is 3.17. The highest BCUT2D eigenvalue weighted by Gasteiger charge is 2.42. The summed E-state index contributed by atoms with van der Waals surface area (Å²) in [5.41, 5.74) is 1.76. The van der Waals surface area contributed by atoms with Crippen molar-refractivity contribution in [3.63, 3.8) is 0 Å². The van der Waals surface area contributed by atoms with Crippen LogP contribution in [0.2, 0.25) is 0 Å². The maximum Gasteiger partial charge on any atom is 0.0990 e. The first-order valence-electron chi connectivity index (χ1n) is 6.77. The Morgan fingerprint density at radius 3 is 2.65 bits per heavy atom. The van der Waals surface area contributed by atoms with E-state index in [2.05, 4.69) is 33.0 Å². The SMILES string of the molecule is CCCc1nc(C2(C)CC2)sc1CNC(C)C. The van der Waals surface area contributed by atoms with Gasteiger partial charge in [0.15, 0.2) is 0 Å². The van der Waals surface area contributed by atoms with Crippen molar-refractivity contribution in [3.05, 3.63) is 15.6 Å². The molecular weight excluding hydrogens is 228 g/mol. The normalized spacial score (nSPS) is 17.7. The lowest BCUT2D eigenvalue weighted by Crippen LogP contribution is -2.21. The Kier molecular flexibility index (Phi) is 3.88. The van der Waals surface area contributed by atoms with Crippen LogP contribution in [0.1, 0.15) is 62.5 Å². The average Bonchev–Trinajstić information content (AvgIpc) is 2.89. The van der Waals surface area contributed by atoms with Crippen LogP contribution in [0.3, 0.4) is 0 Å². The molecule has 1 aromatic rings. The summed E-state index contributed by atoms with van der Waals surface area (Å²) in [6.07, 6.45) is 4.96. The van der Waals surface area contributed by atoms with Crippen LogP contribution in [0.25, 0.3) is 0 Å². The predicted molar refractivity (Wildman–Crippen MR) is 74.7 cm³/mol. The Balaban J connectivity index is 2.13. The number of nitrogens with zero attached hydrogens (tertiary/aromatic N) is 1. The first-order valence-corrected chi connectivity index (χ1v) is 7.59. The van der Waals surface area contributed by atoms with Gasteiger partial charge in [0.2, 0.25) is 0 Å². The molecule has 0 aliphatic heterocycles. The van der Waals surface area contributed by atoms with E-state index >= 15 is 0 Å². The van der Waals surface area contributed by atoms with Gasteiger partial charge in [-0.2, -0.15) is 0 Å². The van der Waals surface area contributed by atoms with E-state index in [0.29, 0.717) is 11.5 Å². The van der Waals surface area contributed by atoms with Crippen molar-refractivity contribution in [2.24, 2.45) is 0 Å². The lowest BCUT2D eigenvalue weighted by molar-refractivity contribution is 0.589. The molecule has 1 fully saturated rings. The molecule has 0 spiro atoms. The van der Waals surface area contributed by atoms with Crippen molar-refractivity contribution in [1.82, 2.24) is 10.3 Å². The molecule has 1 N–H and O–H groups in total. The number of nitrogens with one attached hydrogen (secondary N) is 1. The third-order valence-electron chi connectivity index (χ3n) is 3.45. The van der Waals surface area contributed by atoms with Gasteiger partial charge in [0.1, 0.15) is 0 Å². The smallest absolute Gasteiger partial charge is 0.0990 e. The number of aryl methyl sites for hydroxylation is 1. The van der Waals surface area contributed by atoms with Gasteiger partial charge in [-0.25, -0.2) is 4.98 Å². The van der Waals surface area contributed by atoms with E-state index in [-0.39, 0.29) is 0 Å². The highest BCUT2D eigenvalue weighted by atomic mass is 32.1. The van der Waals surface area contributed by atoms with Gasteiger partial charge in [-0.3, -0.25) is 0 Å². The first-order chi connectivity index (χ1) is 8.05. The molecule has 0 bridgehead atoms. The van der Waals surface area contributed by atoms with E-state index in [9.17, 15) is 0 Å². The Labute approximate surface area is 109 Å². The second-order valence-corrected chi connectivity index (χ2v) is 6.82. The maximum absolute atomic E-state index is 4.89. The molecule has 2 nitrogen and oxygen atoms in total. The number of aromatic nitrogens is 1. The molecule has 1 aliphatic carbocycles. The zero-order valence-electron chi connectivity index (χ0n) is 11.5. The molecule has 0 saturated heterocycles. The zero-order valence-corrected chi connectivity index (χ0v) is 12.3. The summed E-state index contributed by atoms with van der Waals surface area (Å²) in [6.45, 7) is 9.97. The molecule has 2 rings (SSSR count). The van der Waals surface area contributed by atoms with Gasteiger partial charge in [0, 0.05) is 22.9 Å². The molecular formula is C14H24N2S. The third kappa shape index (κ3) is 3.08. The molecule has 1 aromatic heterocycles. The number of hydrogen-bond acceptors (Lipinski definition) is 3. The van der Waals surface area contributed by atoms with Crippen LogP contribution in [0, 0.1) is 0 Å². The minimum atomic E-state index is 0.420. The molecule has 3 heteroatoms. The molecule has 1 aliphatic rings. The van der Waals surface area contributed by atoms with E-state index in [4.69, 9.17) is 4.98 Å². The monoisotopic (exact) mass is 252 g/mol. The number of thiazole rings is 1. The van der Waals surface area contributed by atoms with Crippen molar-refractivity contribution in [2.75, 3.05) is 0 Å². The standard InChI is InChI=1S/C14H24N2S/c1-5-6-11-12(9-15-10(2)3)17-13(16-11)14(4)7-8-14/h10,15H,5-9H2,1-4H3. The number of hydrogen-bond donors (Lipinski definition) is 1. The van der Waals surface area contributed by atoms with E-state index in [1.165, 1.54) is 34.8 Å². The minimum Gasteiger partial charge on any atom is -0.310 e. The average molecular weight is 252 g/mol. The van der Waals surface area contributed by atoms with E-state index < -0.39 is 0 Å². The van der Waals surface area contributed by atoms with Crippen molar-refractivity contribution in [1.29, 1.82) is 0 Å². The quantitative estimate of drug-likeness (QED) is 0.836. The fourth-order valence-electron chi connectivity index (χ4n) is 1.91. The van der Waals surface area contributed by atoms with Crippen molar-refractivity contribution in [2.45, 2.75) is 71.4 Å². The molecule has 96 valence electrons. The summed E-state index contributed by atoms with van der Waals surface area (Å²) in [7, 11) is 0. The van der Waals surface area contributed by atoms with Gasteiger partial charge < -0.3 is 5.32 Å². The summed E-state index contributed by atoms with van der Waals surface area (Å²) in [4.78, 5) is 6.35. The lowest BCUT2D eigenvalue weighted by Gasteiger charge is -2.07. The Bertz CT molecular complexity index is 378. The fraction of sp³-hybridized carbons (Fsp3) is 0.786. The van der Waals surface area contributed by atoms with Crippen molar-refractivity contribution in [3.8, 4) is 0 Å². The Hall–Kier alpha value is -0.410. The summed E-state index contributed by atoms with van der Waals surface area (Å²) in [5.74, 6) is 0. The number of rotatable bonds is 6. The van der Waals surface area contributed by atoms with Crippen molar-refractivity contribution >= 4 is 11.3 Å². The summed E-state index contributed by atoms with van der Waals surface area (Å²) in [6, 6.07) is 0.548. The molecule has 1 heterocycles. The van der Waals surface area contributed by atoms with Gasteiger partial charge in [-0.1, -0.05) is 34.1 Å². The largest absolute Gasteiger partial charge is 0.310 e. The van der Waals surface area contributed by atoms with Crippen LogP contribution in [-0.4, -0.2) is 11.0 Å².